The number of carbonyl (C=O) groups is 1. The summed E-state index contributed by atoms with van der Waals surface area (Å²) in [7, 11) is -1.70. The molecule has 0 saturated carbocycles. The molecule has 0 aliphatic carbocycles. The molecule has 0 aliphatic heterocycles. The lowest BCUT2D eigenvalue weighted by Gasteiger charge is -2.23. The molecule has 1 aromatic rings. The van der Waals surface area contributed by atoms with Crippen molar-refractivity contribution in [1.82, 2.24) is 10.2 Å². The lowest BCUT2D eigenvalue weighted by atomic mass is 10.2. The van der Waals surface area contributed by atoms with E-state index in [2.05, 4.69) is 5.32 Å². The standard InChI is InChI=1S/C14H23N2O4P/c1-4-19-21(18,20-5-2)12-16(3)14(17)15-11-13-9-7-6-8-10-13/h6-10H,4-5,11-12H2,1-3H3,(H,15,17). The van der Waals surface area contributed by atoms with Crippen LogP contribution in [-0.2, 0) is 20.2 Å². The minimum Gasteiger partial charge on any atom is -0.334 e. The molecule has 0 heterocycles. The molecule has 1 N–H and O–H groups in total. The molecule has 2 amide bonds. The molecule has 0 atom stereocenters. The Bertz CT molecular complexity index is 471. The van der Waals surface area contributed by atoms with Gasteiger partial charge in [-0.2, -0.15) is 0 Å². The van der Waals surface area contributed by atoms with Crippen molar-refractivity contribution < 1.29 is 18.4 Å². The highest BCUT2D eigenvalue weighted by molar-refractivity contribution is 7.53. The predicted octanol–water partition coefficient (Wildman–Crippen LogP) is 3.05. The third kappa shape index (κ3) is 6.29. The molecule has 0 aromatic heterocycles. The van der Waals surface area contributed by atoms with Crippen molar-refractivity contribution in [2.24, 2.45) is 0 Å². The lowest BCUT2D eigenvalue weighted by Crippen LogP contribution is -2.37. The van der Waals surface area contributed by atoms with Gasteiger partial charge in [0.1, 0.15) is 6.29 Å². The fourth-order valence-corrected chi connectivity index (χ4v) is 3.42. The van der Waals surface area contributed by atoms with E-state index in [1.165, 1.54) is 4.90 Å². The van der Waals surface area contributed by atoms with E-state index in [9.17, 15) is 9.36 Å². The Morgan fingerprint density at radius 2 is 1.76 bits per heavy atom. The molecule has 0 bridgehead atoms. The Morgan fingerprint density at radius 1 is 1.19 bits per heavy atom. The summed E-state index contributed by atoms with van der Waals surface area (Å²) >= 11 is 0. The average molecular weight is 314 g/mol. The molecule has 21 heavy (non-hydrogen) atoms. The molecule has 1 aromatic carbocycles. The number of urea groups is 1. The summed E-state index contributed by atoms with van der Waals surface area (Å²) in [4.78, 5) is 13.3. The largest absolute Gasteiger partial charge is 0.349 e. The second kappa shape index (κ2) is 8.82. The quantitative estimate of drug-likeness (QED) is 0.749. The summed E-state index contributed by atoms with van der Waals surface area (Å²) in [6, 6.07) is 9.25. The molecule has 0 spiro atoms. The number of hydrogen-bond donors (Lipinski definition) is 1. The van der Waals surface area contributed by atoms with Gasteiger partial charge in [0.15, 0.2) is 0 Å². The summed E-state index contributed by atoms with van der Waals surface area (Å²) in [5, 5.41) is 2.76. The maximum Gasteiger partial charge on any atom is 0.349 e. The van der Waals surface area contributed by atoms with E-state index in [0.717, 1.165) is 5.56 Å². The van der Waals surface area contributed by atoms with Crippen LogP contribution in [0.15, 0.2) is 30.3 Å². The summed E-state index contributed by atoms with van der Waals surface area (Å²) in [5.41, 5.74) is 0.997. The zero-order valence-electron chi connectivity index (χ0n) is 12.7. The number of amides is 2. The molecule has 6 nitrogen and oxygen atoms in total. The highest BCUT2D eigenvalue weighted by Gasteiger charge is 2.27. The maximum absolute atomic E-state index is 12.3. The second-order valence-corrected chi connectivity index (χ2v) is 6.45. The van der Waals surface area contributed by atoms with Gasteiger partial charge in [-0.25, -0.2) is 4.79 Å². The van der Waals surface area contributed by atoms with Crippen LogP contribution < -0.4 is 5.32 Å². The zero-order valence-corrected chi connectivity index (χ0v) is 13.6. The minimum atomic E-state index is -3.26. The fraction of sp³-hybridized carbons (Fsp3) is 0.500. The van der Waals surface area contributed by atoms with Gasteiger partial charge in [-0.15, -0.1) is 0 Å². The summed E-state index contributed by atoms with van der Waals surface area (Å²) < 4.78 is 22.7. The van der Waals surface area contributed by atoms with Gasteiger partial charge >= 0.3 is 13.6 Å². The summed E-state index contributed by atoms with van der Waals surface area (Å²) in [6.07, 6.45) is -0.0741. The van der Waals surface area contributed by atoms with Gasteiger partial charge in [0, 0.05) is 13.6 Å². The Hall–Kier alpha value is -1.36. The SMILES string of the molecule is CCOP(=O)(CN(C)C(=O)NCc1ccccc1)OCC. The number of carbonyl (C=O) groups excluding carboxylic acids is 1. The van der Waals surface area contributed by atoms with Crippen LogP contribution in [0.4, 0.5) is 4.79 Å². The van der Waals surface area contributed by atoms with Crippen LogP contribution in [0.3, 0.4) is 0 Å². The van der Waals surface area contributed by atoms with Gasteiger partial charge < -0.3 is 19.3 Å². The van der Waals surface area contributed by atoms with Crippen molar-refractivity contribution in [1.29, 1.82) is 0 Å². The first-order chi connectivity index (χ1) is 10.0. The van der Waals surface area contributed by atoms with Gasteiger partial charge in [-0.1, -0.05) is 30.3 Å². The Balaban J connectivity index is 2.51. The number of nitrogens with zero attached hydrogens (tertiary/aromatic N) is 1. The lowest BCUT2D eigenvalue weighted by molar-refractivity contribution is 0.191. The number of benzene rings is 1. The molecule has 7 heteroatoms. The highest BCUT2D eigenvalue weighted by atomic mass is 31.2. The molecule has 0 saturated heterocycles. The van der Waals surface area contributed by atoms with Crippen LogP contribution in [0.2, 0.25) is 0 Å². The van der Waals surface area contributed by atoms with Crippen molar-refractivity contribution >= 4 is 13.6 Å². The maximum atomic E-state index is 12.3. The van der Waals surface area contributed by atoms with Crippen LogP contribution in [0, 0.1) is 0 Å². The molecule has 0 fully saturated rings. The van der Waals surface area contributed by atoms with E-state index in [1.54, 1.807) is 20.9 Å². The topological polar surface area (TPSA) is 67.9 Å². The number of hydrogen-bond acceptors (Lipinski definition) is 4. The van der Waals surface area contributed by atoms with Gasteiger partial charge in [0.05, 0.1) is 13.2 Å². The van der Waals surface area contributed by atoms with Gasteiger partial charge in [-0.05, 0) is 19.4 Å². The molecule has 0 aliphatic rings. The third-order valence-corrected chi connectivity index (χ3v) is 4.74. The first-order valence-corrected chi connectivity index (χ1v) is 8.64. The van der Waals surface area contributed by atoms with Crippen molar-refractivity contribution in [3.8, 4) is 0 Å². The van der Waals surface area contributed by atoms with Crippen LogP contribution in [0.1, 0.15) is 19.4 Å². The van der Waals surface area contributed by atoms with E-state index in [0.29, 0.717) is 6.54 Å². The second-order valence-electron chi connectivity index (χ2n) is 4.43. The molecule has 0 radical (unpaired) electrons. The highest BCUT2D eigenvalue weighted by Crippen LogP contribution is 2.48. The van der Waals surface area contributed by atoms with E-state index < -0.39 is 7.60 Å². The van der Waals surface area contributed by atoms with Gasteiger partial charge in [0.2, 0.25) is 0 Å². The molecule has 118 valence electrons. The Morgan fingerprint density at radius 3 is 2.29 bits per heavy atom. The first-order valence-electron chi connectivity index (χ1n) is 6.91. The molecular weight excluding hydrogens is 291 g/mol. The normalized spacial score (nSPS) is 11.2. The summed E-state index contributed by atoms with van der Waals surface area (Å²) in [6.45, 7) is 4.44. The predicted molar refractivity (Wildman–Crippen MR) is 82.2 cm³/mol. The van der Waals surface area contributed by atoms with E-state index in [-0.39, 0.29) is 25.5 Å². The average Bonchev–Trinajstić information content (AvgIpc) is 2.46. The van der Waals surface area contributed by atoms with Crippen LogP contribution in [-0.4, -0.2) is 37.5 Å². The van der Waals surface area contributed by atoms with Crippen molar-refractivity contribution in [2.45, 2.75) is 20.4 Å². The molecule has 1 rings (SSSR count). The van der Waals surface area contributed by atoms with Crippen LogP contribution in [0.25, 0.3) is 0 Å². The monoisotopic (exact) mass is 314 g/mol. The van der Waals surface area contributed by atoms with Crippen molar-refractivity contribution in [2.75, 3.05) is 26.5 Å². The number of nitrogens with one attached hydrogen (secondary N) is 1. The zero-order chi connectivity index (χ0) is 15.7. The van der Waals surface area contributed by atoms with E-state index >= 15 is 0 Å². The molecule has 0 unspecified atom stereocenters. The summed E-state index contributed by atoms with van der Waals surface area (Å²) in [5.74, 6) is 0. The van der Waals surface area contributed by atoms with Crippen LogP contribution in [0.5, 0.6) is 0 Å². The Labute approximate surface area is 126 Å². The Kier molecular flexibility index (Phi) is 7.43. The smallest absolute Gasteiger partial charge is 0.334 e. The van der Waals surface area contributed by atoms with E-state index in [4.69, 9.17) is 9.05 Å². The van der Waals surface area contributed by atoms with Gasteiger partial charge in [-0.3, -0.25) is 4.57 Å². The van der Waals surface area contributed by atoms with Crippen LogP contribution >= 0.6 is 7.60 Å². The fourth-order valence-electron chi connectivity index (χ4n) is 1.74. The minimum absolute atomic E-state index is 0.0741. The number of rotatable bonds is 8. The van der Waals surface area contributed by atoms with Gasteiger partial charge in [0.25, 0.3) is 0 Å². The third-order valence-electron chi connectivity index (χ3n) is 2.67. The van der Waals surface area contributed by atoms with Crippen molar-refractivity contribution in [3.05, 3.63) is 35.9 Å². The van der Waals surface area contributed by atoms with Crippen molar-refractivity contribution in [3.63, 3.8) is 0 Å². The van der Waals surface area contributed by atoms with E-state index in [1.807, 2.05) is 30.3 Å². The molecular formula is C14H23N2O4P. The first kappa shape index (κ1) is 17.7.